The number of hydrogen-bond acceptors (Lipinski definition) is 6. The third-order valence-corrected chi connectivity index (χ3v) is 3.18. The number of nitrogens with zero attached hydrogens (tertiary/aromatic N) is 2. The summed E-state index contributed by atoms with van der Waals surface area (Å²) in [4.78, 5) is 8.74. The molecule has 1 aliphatic rings. The fraction of sp³-hybridized carbons (Fsp3) is 0.286. The molecule has 104 valence electrons. The average Bonchev–Trinajstić information content (AvgIpc) is 2.96. The lowest BCUT2D eigenvalue weighted by Crippen LogP contribution is -2.04. The molecule has 0 unspecified atom stereocenters. The van der Waals surface area contributed by atoms with Gasteiger partial charge in [0.2, 0.25) is 0 Å². The van der Waals surface area contributed by atoms with Crippen LogP contribution in [-0.4, -0.2) is 24.2 Å². The summed E-state index contributed by atoms with van der Waals surface area (Å²) < 4.78 is 10.4. The lowest BCUT2D eigenvalue weighted by Gasteiger charge is -2.11. The van der Waals surface area contributed by atoms with Gasteiger partial charge in [0, 0.05) is 30.4 Å². The summed E-state index contributed by atoms with van der Waals surface area (Å²) in [7, 11) is 3.22. The number of methoxy groups -OCH3 is 2. The number of hydrogen-bond donors (Lipinski definition) is 2. The number of ether oxygens (including phenoxy) is 2. The Bertz CT molecular complexity index is 631. The van der Waals surface area contributed by atoms with Gasteiger partial charge in [-0.2, -0.15) is 9.97 Å². The Kier molecular flexibility index (Phi) is 3.39. The zero-order chi connectivity index (χ0) is 13.9. The summed E-state index contributed by atoms with van der Waals surface area (Å²) in [5, 5.41) is 6.57. The maximum atomic E-state index is 5.22. The van der Waals surface area contributed by atoms with E-state index in [9.17, 15) is 0 Å². The maximum absolute atomic E-state index is 5.22. The highest BCUT2D eigenvalue weighted by atomic mass is 16.5. The van der Waals surface area contributed by atoms with Crippen molar-refractivity contribution in [1.29, 1.82) is 0 Å². The van der Waals surface area contributed by atoms with Gasteiger partial charge in [-0.25, -0.2) is 0 Å². The molecule has 0 radical (unpaired) electrons. The Morgan fingerprint density at radius 2 is 2.05 bits per heavy atom. The molecule has 20 heavy (non-hydrogen) atoms. The minimum atomic E-state index is 0.373. The molecule has 6 heteroatoms. The molecule has 0 atom stereocenters. The fourth-order valence-electron chi connectivity index (χ4n) is 2.18. The minimum Gasteiger partial charge on any atom is -0.497 e. The van der Waals surface area contributed by atoms with Crippen LogP contribution in [-0.2, 0) is 13.1 Å². The summed E-state index contributed by atoms with van der Waals surface area (Å²) in [6.07, 6.45) is 0. The zero-order valence-electron chi connectivity index (χ0n) is 11.4. The normalized spacial score (nSPS) is 12.9. The van der Waals surface area contributed by atoms with Crippen LogP contribution < -0.4 is 20.1 Å². The molecule has 1 aliphatic heterocycles. The Morgan fingerprint density at radius 1 is 1.15 bits per heavy atom. The van der Waals surface area contributed by atoms with Gasteiger partial charge in [-0.1, -0.05) is 6.07 Å². The molecule has 0 bridgehead atoms. The molecule has 2 heterocycles. The number of anilines is 2. The molecule has 1 aromatic heterocycles. The second kappa shape index (κ2) is 5.34. The van der Waals surface area contributed by atoms with Gasteiger partial charge < -0.3 is 20.1 Å². The molecule has 2 N–H and O–H groups in total. The summed E-state index contributed by atoms with van der Waals surface area (Å²) in [5.74, 6) is 1.57. The van der Waals surface area contributed by atoms with E-state index >= 15 is 0 Å². The average molecular weight is 272 g/mol. The van der Waals surface area contributed by atoms with Crippen LogP contribution >= 0.6 is 0 Å². The predicted molar refractivity (Wildman–Crippen MR) is 75.4 cm³/mol. The van der Waals surface area contributed by atoms with Gasteiger partial charge in [0.05, 0.1) is 19.9 Å². The first-order valence-corrected chi connectivity index (χ1v) is 6.35. The van der Waals surface area contributed by atoms with Crippen molar-refractivity contribution in [2.45, 2.75) is 13.1 Å². The quantitative estimate of drug-likeness (QED) is 0.885. The van der Waals surface area contributed by atoms with Crippen LogP contribution in [0.4, 0.5) is 11.5 Å². The summed E-state index contributed by atoms with van der Waals surface area (Å²) >= 11 is 0. The first-order chi connectivity index (χ1) is 9.80. The summed E-state index contributed by atoms with van der Waals surface area (Å²) in [6, 6.07) is 8.09. The first kappa shape index (κ1) is 12.7. The number of fused-ring (bicyclic) bond motifs is 1. The Hall–Kier alpha value is -2.34. The molecule has 0 saturated heterocycles. The number of nitrogens with one attached hydrogen (secondary N) is 2. The van der Waals surface area contributed by atoms with E-state index < -0.39 is 0 Å². The molecular weight excluding hydrogens is 256 g/mol. The Labute approximate surface area is 117 Å². The van der Waals surface area contributed by atoms with E-state index in [1.807, 2.05) is 24.3 Å². The largest absolute Gasteiger partial charge is 0.497 e. The van der Waals surface area contributed by atoms with Gasteiger partial charge in [0.15, 0.2) is 0 Å². The Balaban J connectivity index is 1.95. The van der Waals surface area contributed by atoms with E-state index in [0.29, 0.717) is 6.01 Å². The number of rotatable bonds is 4. The molecule has 0 fully saturated rings. The SMILES string of the molecule is COc1cccc(Nc2nc(OC)nc3c2CNC3)c1. The molecular formula is C14H16N4O2. The fourth-order valence-corrected chi connectivity index (χ4v) is 2.18. The van der Waals surface area contributed by atoms with E-state index in [1.165, 1.54) is 0 Å². The second-order valence-electron chi connectivity index (χ2n) is 4.44. The third kappa shape index (κ3) is 2.37. The van der Waals surface area contributed by atoms with Gasteiger partial charge in [-0.3, -0.25) is 0 Å². The van der Waals surface area contributed by atoms with Crippen LogP contribution in [0.3, 0.4) is 0 Å². The molecule has 0 aliphatic carbocycles. The third-order valence-electron chi connectivity index (χ3n) is 3.18. The highest BCUT2D eigenvalue weighted by Gasteiger charge is 2.19. The topological polar surface area (TPSA) is 68.3 Å². The lowest BCUT2D eigenvalue weighted by atomic mass is 10.2. The van der Waals surface area contributed by atoms with Gasteiger partial charge >= 0.3 is 6.01 Å². The summed E-state index contributed by atoms with van der Waals surface area (Å²) in [5.41, 5.74) is 2.97. The highest BCUT2D eigenvalue weighted by molar-refractivity contribution is 5.62. The van der Waals surface area contributed by atoms with Crippen LogP contribution in [0.2, 0.25) is 0 Å². The zero-order valence-corrected chi connectivity index (χ0v) is 11.4. The van der Waals surface area contributed by atoms with Crippen molar-refractivity contribution >= 4 is 11.5 Å². The van der Waals surface area contributed by atoms with E-state index in [4.69, 9.17) is 9.47 Å². The van der Waals surface area contributed by atoms with E-state index in [1.54, 1.807) is 14.2 Å². The van der Waals surface area contributed by atoms with Gasteiger partial charge in [0.25, 0.3) is 0 Å². The van der Waals surface area contributed by atoms with Crippen LogP contribution in [0.15, 0.2) is 24.3 Å². The molecule has 1 aromatic carbocycles. The van der Waals surface area contributed by atoms with Gasteiger partial charge in [-0.05, 0) is 12.1 Å². The standard InChI is InChI=1S/C14H16N4O2/c1-19-10-5-3-4-9(6-10)16-13-11-7-15-8-12(11)17-14(18-13)20-2/h3-6,15H,7-8H2,1-2H3,(H,16,17,18). The molecule has 6 nitrogen and oxygen atoms in total. The van der Waals surface area contributed by atoms with Crippen molar-refractivity contribution in [2.75, 3.05) is 19.5 Å². The molecule has 3 rings (SSSR count). The molecule has 2 aromatic rings. The van der Waals surface area contributed by atoms with Crippen LogP contribution in [0.1, 0.15) is 11.3 Å². The highest BCUT2D eigenvalue weighted by Crippen LogP contribution is 2.27. The van der Waals surface area contributed by atoms with E-state index in [2.05, 4.69) is 20.6 Å². The van der Waals surface area contributed by atoms with Crippen molar-refractivity contribution in [1.82, 2.24) is 15.3 Å². The van der Waals surface area contributed by atoms with E-state index in [0.717, 1.165) is 41.6 Å². The predicted octanol–water partition coefficient (Wildman–Crippen LogP) is 1.84. The van der Waals surface area contributed by atoms with Gasteiger partial charge in [-0.15, -0.1) is 0 Å². The van der Waals surface area contributed by atoms with E-state index in [-0.39, 0.29) is 0 Å². The maximum Gasteiger partial charge on any atom is 0.318 e. The van der Waals surface area contributed by atoms with Crippen molar-refractivity contribution < 1.29 is 9.47 Å². The minimum absolute atomic E-state index is 0.373. The van der Waals surface area contributed by atoms with Gasteiger partial charge in [0.1, 0.15) is 11.6 Å². The van der Waals surface area contributed by atoms with Crippen molar-refractivity contribution in [3.05, 3.63) is 35.5 Å². The second-order valence-corrected chi connectivity index (χ2v) is 4.44. The van der Waals surface area contributed by atoms with Crippen LogP contribution in [0, 0.1) is 0 Å². The van der Waals surface area contributed by atoms with Crippen molar-refractivity contribution in [3.8, 4) is 11.8 Å². The summed E-state index contributed by atoms with van der Waals surface area (Å²) in [6.45, 7) is 1.49. The monoisotopic (exact) mass is 272 g/mol. The van der Waals surface area contributed by atoms with Crippen molar-refractivity contribution in [2.24, 2.45) is 0 Å². The smallest absolute Gasteiger partial charge is 0.318 e. The molecule has 0 amide bonds. The Morgan fingerprint density at radius 3 is 2.85 bits per heavy atom. The van der Waals surface area contributed by atoms with Crippen LogP contribution in [0.25, 0.3) is 0 Å². The number of benzene rings is 1. The molecule has 0 saturated carbocycles. The lowest BCUT2D eigenvalue weighted by molar-refractivity contribution is 0.379. The molecule has 0 spiro atoms. The first-order valence-electron chi connectivity index (χ1n) is 6.35. The van der Waals surface area contributed by atoms with Crippen LogP contribution in [0.5, 0.6) is 11.8 Å². The van der Waals surface area contributed by atoms with Crippen molar-refractivity contribution in [3.63, 3.8) is 0 Å². The number of aromatic nitrogens is 2.